The summed E-state index contributed by atoms with van der Waals surface area (Å²) in [5, 5.41) is 0. The summed E-state index contributed by atoms with van der Waals surface area (Å²) in [5.41, 5.74) is 1.15. The van der Waals surface area contributed by atoms with Crippen LogP contribution in [0.4, 0.5) is 0 Å². The molecule has 0 radical (unpaired) electrons. The molecule has 0 unspecified atom stereocenters. The van der Waals surface area contributed by atoms with E-state index in [2.05, 4.69) is 4.99 Å². The van der Waals surface area contributed by atoms with Crippen LogP contribution in [0.3, 0.4) is 0 Å². The van der Waals surface area contributed by atoms with Crippen LogP contribution in [-0.2, 0) is 0 Å². The number of allylic oxidation sites excluding steroid dienone is 5. The Hall–Kier alpha value is -1.11. The lowest BCUT2D eigenvalue weighted by Gasteiger charge is -1.84. The highest BCUT2D eigenvalue weighted by Gasteiger charge is 1.75. The molecular formula is C10H15N. The van der Waals surface area contributed by atoms with Gasteiger partial charge < -0.3 is 0 Å². The topological polar surface area (TPSA) is 12.4 Å². The number of aliphatic imine (C=N–C) groups is 1. The first-order chi connectivity index (χ1) is 5.31. The summed E-state index contributed by atoms with van der Waals surface area (Å²) in [6, 6.07) is 0. The molecule has 0 bridgehead atoms. The van der Waals surface area contributed by atoms with E-state index in [4.69, 9.17) is 0 Å². The maximum absolute atomic E-state index is 4.03. The van der Waals surface area contributed by atoms with E-state index in [-0.39, 0.29) is 0 Å². The van der Waals surface area contributed by atoms with Crippen LogP contribution in [0.25, 0.3) is 0 Å². The van der Waals surface area contributed by atoms with Crippen LogP contribution < -0.4 is 0 Å². The summed E-state index contributed by atoms with van der Waals surface area (Å²) in [5.74, 6) is 0. The van der Waals surface area contributed by atoms with Crippen LogP contribution >= 0.6 is 0 Å². The Labute approximate surface area is 68.9 Å². The number of rotatable bonds is 3. The first-order valence-corrected chi connectivity index (χ1v) is 3.75. The molecule has 0 spiro atoms. The van der Waals surface area contributed by atoms with Crippen molar-refractivity contribution < 1.29 is 0 Å². The third kappa shape index (κ3) is 6.78. The minimum Gasteiger partial charge on any atom is -0.265 e. The second-order valence-electron chi connectivity index (χ2n) is 2.20. The first kappa shape index (κ1) is 9.89. The van der Waals surface area contributed by atoms with E-state index < -0.39 is 0 Å². The normalized spacial score (nSPS) is 14.3. The van der Waals surface area contributed by atoms with Gasteiger partial charge in [-0.25, -0.2) is 0 Å². The zero-order chi connectivity index (χ0) is 8.53. The van der Waals surface area contributed by atoms with Crippen LogP contribution in [-0.4, -0.2) is 6.21 Å². The molecule has 0 saturated carbocycles. The van der Waals surface area contributed by atoms with Crippen molar-refractivity contribution in [3.8, 4) is 0 Å². The molecule has 0 fully saturated rings. The van der Waals surface area contributed by atoms with Crippen molar-refractivity contribution in [3.05, 3.63) is 36.1 Å². The molecule has 0 aromatic carbocycles. The first-order valence-electron chi connectivity index (χ1n) is 3.75. The van der Waals surface area contributed by atoms with Crippen LogP contribution in [0.2, 0.25) is 0 Å². The van der Waals surface area contributed by atoms with Crippen molar-refractivity contribution in [3.63, 3.8) is 0 Å². The van der Waals surface area contributed by atoms with Gasteiger partial charge in [0, 0.05) is 12.4 Å². The highest BCUT2D eigenvalue weighted by atomic mass is 14.7. The minimum atomic E-state index is 1.15. The van der Waals surface area contributed by atoms with E-state index in [0.29, 0.717) is 0 Å². The molecule has 0 saturated heterocycles. The van der Waals surface area contributed by atoms with Gasteiger partial charge in [0.05, 0.1) is 0 Å². The number of hydrogen-bond acceptors (Lipinski definition) is 1. The van der Waals surface area contributed by atoms with Crippen molar-refractivity contribution in [2.45, 2.75) is 20.8 Å². The smallest absolute Gasteiger partial charge is 0.0296 e. The van der Waals surface area contributed by atoms with Gasteiger partial charge in [0.15, 0.2) is 0 Å². The van der Waals surface area contributed by atoms with Gasteiger partial charge in [0.1, 0.15) is 0 Å². The van der Waals surface area contributed by atoms with Crippen molar-refractivity contribution in [1.29, 1.82) is 0 Å². The fraction of sp³-hybridized carbons (Fsp3) is 0.300. The fourth-order valence-electron chi connectivity index (χ4n) is 0.538. The Morgan fingerprint density at radius 2 is 1.91 bits per heavy atom. The summed E-state index contributed by atoms with van der Waals surface area (Å²) < 4.78 is 0. The van der Waals surface area contributed by atoms with E-state index in [1.165, 1.54) is 0 Å². The predicted octanol–water partition coefficient (Wildman–Crippen LogP) is 3.11. The quantitative estimate of drug-likeness (QED) is 0.432. The monoisotopic (exact) mass is 149 g/mol. The molecule has 1 nitrogen and oxygen atoms in total. The largest absolute Gasteiger partial charge is 0.265 e. The van der Waals surface area contributed by atoms with Crippen LogP contribution in [0, 0.1) is 0 Å². The van der Waals surface area contributed by atoms with Gasteiger partial charge in [-0.3, -0.25) is 4.99 Å². The summed E-state index contributed by atoms with van der Waals surface area (Å²) in [6.45, 7) is 5.96. The molecule has 0 aromatic heterocycles. The Morgan fingerprint density at radius 1 is 1.18 bits per heavy atom. The van der Waals surface area contributed by atoms with E-state index in [1.54, 1.807) is 6.20 Å². The van der Waals surface area contributed by atoms with Crippen molar-refractivity contribution >= 4 is 6.21 Å². The Kier molecular flexibility index (Phi) is 6.30. The number of nitrogens with zero attached hydrogens (tertiary/aromatic N) is 1. The van der Waals surface area contributed by atoms with Crippen LogP contribution in [0.1, 0.15) is 20.8 Å². The van der Waals surface area contributed by atoms with Crippen LogP contribution in [0.5, 0.6) is 0 Å². The van der Waals surface area contributed by atoms with Gasteiger partial charge in [-0.1, -0.05) is 24.3 Å². The van der Waals surface area contributed by atoms with Gasteiger partial charge in [-0.05, 0) is 26.3 Å². The third-order valence-corrected chi connectivity index (χ3v) is 1.06. The Balaban J connectivity index is 3.94. The highest BCUT2D eigenvalue weighted by molar-refractivity contribution is 5.78. The molecule has 0 aromatic rings. The lowest BCUT2D eigenvalue weighted by Crippen LogP contribution is -1.73. The summed E-state index contributed by atoms with van der Waals surface area (Å²) in [7, 11) is 0. The third-order valence-electron chi connectivity index (χ3n) is 1.06. The average Bonchev–Trinajstić information content (AvgIpc) is 2.01. The molecule has 60 valence electrons. The SMILES string of the molecule is C\C=C/C=C(C)/C=N\C=C/C. The van der Waals surface area contributed by atoms with Gasteiger partial charge in [-0.15, -0.1) is 0 Å². The summed E-state index contributed by atoms with van der Waals surface area (Å²) in [4.78, 5) is 4.03. The molecular weight excluding hydrogens is 134 g/mol. The van der Waals surface area contributed by atoms with E-state index in [0.717, 1.165) is 5.57 Å². The maximum Gasteiger partial charge on any atom is 0.0296 e. The second kappa shape index (κ2) is 7.00. The molecule has 0 aliphatic rings. The highest BCUT2D eigenvalue weighted by Crippen LogP contribution is 1.88. The molecule has 0 amide bonds. The molecule has 0 aliphatic carbocycles. The standard InChI is InChI=1S/C10H15N/c1-4-6-7-10(3)9-11-8-5-2/h4-9H,1-3H3/b6-4-,8-5-,10-7+,11-9-. The van der Waals surface area contributed by atoms with E-state index in [9.17, 15) is 0 Å². The average molecular weight is 149 g/mol. The molecule has 0 aliphatic heterocycles. The minimum absolute atomic E-state index is 1.15. The zero-order valence-electron chi connectivity index (χ0n) is 7.41. The second-order valence-corrected chi connectivity index (χ2v) is 2.20. The van der Waals surface area contributed by atoms with Crippen molar-refractivity contribution in [2.24, 2.45) is 4.99 Å². The van der Waals surface area contributed by atoms with E-state index in [1.807, 2.05) is 51.3 Å². The Bertz CT molecular complexity index is 195. The Morgan fingerprint density at radius 3 is 2.45 bits per heavy atom. The van der Waals surface area contributed by atoms with Crippen molar-refractivity contribution in [2.75, 3.05) is 0 Å². The zero-order valence-corrected chi connectivity index (χ0v) is 7.41. The van der Waals surface area contributed by atoms with Crippen molar-refractivity contribution in [1.82, 2.24) is 0 Å². The molecule has 0 N–H and O–H groups in total. The molecule has 0 heterocycles. The van der Waals surface area contributed by atoms with E-state index >= 15 is 0 Å². The maximum atomic E-state index is 4.03. The lowest BCUT2D eigenvalue weighted by atomic mass is 10.3. The summed E-state index contributed by atoms with van der Waals surface area (Å²) >= 11 is 0. The van der Waals surface area contributed by atoms with Gasteiger partial charge in [0.2, 0.25) is 0 Å². The molecule has 0 atom stereocenters. The van der Waals surface area contributed by atoms with Gasteiger partial charge >= 0.3 is 0 Å². The number of hydrogen-bond donors (Lipinski definition) is 0. The molecule has 0 rings (SSSR count). The van der Waals surface area contributed by atoms with Crippen LogP contribution in [0.15, 0.2) is 41.1 Å². The fourth-order valence-corrected chi connectivity index (χ4v) is 0.538. The summed E-state index contributed by atoms with van der Waals surface area (Å²) in [6.07, 6.45) is 11.5. The van der Waals surface area contributed by atoms with Gasteiger partial charge in [-0.2, -0.15) is 0 Å². The molecule has 1 heteroatoms. The molecule has 11 heavy (non-hydrogen) atoms. The lowest BCUT2D eigenvalue weighted by molar-refractivity contribution is 1.51. The van der Waals surface area contributed by atoms with Gasteiger partial charge in [0.25, 0.3) is 0 Å². The predicted molar refractivity (Wildman–Crippen MR) is 51.9 cm³/mol.